The number of hydrogen-bond donors (Lipinski definition) is 2. The predicted molar refractivity (Wildman–Crippen MR) is 54.0 cm³/mol. The molecule has 6 heteroatoms. The number of aliphatic hydroxyl groups excluding tert-OH is 1. The molecule has 2 rings (SSSR count). The van der Waals surface area contributed by atoms with E-state index >= 15 is 0 Å². The predicted octanol–water partition coefficient (Wildman–Crippen LogP) is 0.817. The molecule has 0 aliphatic carbocycles. The van der Waals surface area contributed by atoms with Gasteiger partial charge in [0.25, 0.3) is 5.91 Å². The summed E-state index contributed by atoms with van der Waals surface area (Å²) >= 11 is 5.66. The Morgan fingerprint density at radius 1 is 1.67 bits per heavy atom. The molecule has 0 aromatic carbocycles. The summed E-state index contributed by atoms with van der Waals surface area (Å²) < 4.78 is 5.35. The molecule has 1 unspecified atom stereocenters. The van der Waals surface area contributed by atoms with Gasteiger partial charge >= 0.3 is 0 Å². The Labute approximate surface area is 91.0 Å². The van der Waals surface area contributed by atoms with Gasteiger partial charge in [-0.15, -0.1) is 0 Å². The molecule has 2 N–H and O–H groups in total. The highest BCUT2D eigenvalue weighted by atomic mass is 35.5. The number of fused-ring (bicyclic) bond motifs is 1. The Morgan fingerprint density at radius 3 is 3.20 bits per heavy atom. The molecule has 2 heterocycles. The topological polar surface area (TPSA) is 71.5 Å². The van der Waals surface area contributed by atoms with Crippen molar-refractivity contribution in [3.05, 3.63) is 17.4 Å². The van der Waals surface area contributed by atoms with Crippen LogP contribution < -0.4 is 10.1 Å². The van der Waals surface area contributed by atoms with Gasteiger partial charge in [-0.1, -0.05) is 11.6 Å². The summed E-state index contributed by atoms with van der Waals surface area (Å²) in [6.07, 6.45) is 1.04. The zero-order valence-corrected chi connectivity index (χ0v) is 8.49. The van der Waals surface area contributed by atoms with Gasteiger partial charge < -0.3 is 15.2 Å². The van der Waals surface area contributed by atoms with Crippen molar-refractivity contribution in [2.45, 2.75) is 12.5 Å². The van der Waals surface area contributed by atoms with Gasteiger partial charge in [0, 0.05) is 19.1 Å². The lowest BCUT2D eigenvalue weighted by Gasteiger charge is -2.24. The van der Waals surface area contributed by atoms with Crippen LogP contribution >= 0.6 is 11.6 Å². The molecule has 1 aromatic rings. The Kier molecular flexibility index (Phi) is 2.75. The first-order valence-electron chi connectivity index (χ1n) is 4.44. The quantitative estimate of drug-likeness (QED) is 0.735. The number of nitrogens with one attached hydrogen (secondary N) is 1. The van der Waals surface area contributed by atoms with Crippen LogP contribution in [0, 0.1) is 0 Å². The number of rotatable bonds is 2. The maximum atomic E-state index is 11.4. The number of anilines is 1. The molecular weight excluding hydrogens is 220 g/mol. The molecule has 0 saturated carbocycles. The van der Waals surface area contributed by atoms with Crippen molar-refractivity contribution in [2.24, 2.45) is 0 Å². The first-order valence-corrected chi connectivity index (χ1v) is 4.82. The second-order valence-corrected chi connectivity index (χ2v) is 3.50. The highest BCUT2D eigenvalue weighted by Gasteiger charge is 2.27. The molecule has 0 saturated heterocycles. The number of aromatic nitrogens is 1. The summed E-state index contributed by atoms with van der Waals surface area (Å²) in [5, 5.41) is 11.7. The van der Waals surface area contributed by atoms with E-state index in [9.17, 15) is 4.79 Å². The van der Waals surface area contributed by atoms with Crippen LogP contribution in [0.4, 0.5) is 5.69 Å². The first kappa shape index (κ1) is 10.2. The fourth-order valence-corrected chi connectivity index (χ4v) is 1.49. The molecule has 0 spiro atoms. The second-order valence-electron chi connectivity index (χ2n) is 3.11. The maximum Gasteiger partial charge on any atom is 0.265 e. The van der Waals surface area contributed by atoms with Gasteiger partial charge in [-0.25, -0.2) is 4.98 Å². The van der Waals surface area contributed by atoms with E-state index in [0.29, 0.717) is 16.6 Å². The number of aliphatic hydroxyl groups is 1. The number of carbonyl (C=O) groups excluding carboxylic acids is 1. The molecule has 5 nitrogen and oxygen atoms in total. The van der Waals surface area contributed by atoms with E-state index in [1.807, 2.05) is 0 Å². The van der Waals surface area contributed by atoms with Crippen LogP contribution in [0.15, 0.2) is 12.3 Å². The Hall–Kier alpha value is -1.33. The van der Waals surface area contributed by atoms with Crippen molar-refractivity contribution in [3.63, 3.8) is 0 Å². The zero-order valence-electron chi connectivity index (χ0n) is 7.74. The third kappa shape index (κ3) is 2.03. The number of carbonyl (C=O) groups is 1. The largest absolute Gasteiger partial charge is 0.477 e. The molecule has 1 aromatic heterocycles. The molecule has 0 radical (unpaired) electrons. The van der Waals surface area contributed by atoms with Crippen molar-refractivity contribution in [3.8, 4) is 5.75 Å². The average molecular weight is 229 g/mol. The third-order valence-corrected chi connectivity index (χ3v) is 2.25. The van der Waals surface area contributed by atoms with Gasteiger partial charge in [-0.2, -0.15) is 0 Å². The maximum absolute atomic E-state index is 11.4. The number of pyridine rings is 1. The van der Waals surface area contributed by atoms with E-state index in [4.69, 9.17) is 21.4 Å². The van der Waals surface area contributed by atoms with Crippen molar-refractivity contribution >= 4 is 23.2 Å². The molecule has 0 bridgehead atoms. The van der Waals surface area contributed by atoms with Crippen molar-refractivity contribution < 1.29 is 14.6 Å². The second kappa shape index (κ2) is 4.04. The SMILES string of the molecule is O=C1Nc2cc(Cl)ncc2OC1CCO. The minimum Gasteiger partial charge on any atom is -0.477 e. The van der Waals surface area contributed by atoms with Crippen LogP contribution in [0.1, 0.15) is 6.42 Å². The van der Waals surface area contributed by atoms with Crippen molar-refractivity contribution in [1.29, 1.82) is 0 Å². The van der Waals surface area contributed by atoms with E-state index < -0.39 is 6.10 Å². The Balaban J connectivity index is 2.26. The minimum atomic E-state index is -0.662. The fourth-order valence-electron chi connectivity index (χ4n) is 1.34. The summed E-state index contributed by atoms with van der Waals surface area (Å²) in [6, 6.07) is 1.52. The highest BCUT2D eigenvalue weighted by molar-refractivity contribution is 6.29. The highest BCUT2D eigenvalue weighted by Crippen LogP contribution is 2.30. The van der Waals surface area contributed by atoms with Crippen LogP contribution in [0.3, 0.4) is 0 Å². The summed E-state index contributed by atoms with van der Waals surface area (Å²) in [7, 11) is 0. The summed E-state index contributed by atoms with van der Waals surface area (Å²) in [4.78, 5) is 15.3. The van der Waals surface area contributed by atoms with Crippen LogP contribution in [0.25, 0.3) is 0 Å². The van der Waals surface area contributed by atoms with E-state index in [-0.39, 0.29) is 18.9 Å². The van der Waals surface area contributed by atoms with Crippen LogP contribution in [-0.2, 0) is 4.79 Å². The number of nitrogens with zero attached hydrogens (tertiary/aromatic N) is 1. The summed E-state index contributed by atoms with van der Waals surface area (Å²) in [6.45, 7) is -0.103. The standard InChI is InChI=1S/C9H9ClN2O3/c10-8-3-5-7(4-11-8)15-6(1-2-13)9(14)12-5/h3-4,6,13H,1-2H2,(H,12,14). The lowest BCUT2D eigenvalue weighted by atomic mass is 10.2. The van der Waals surface area contributed by atoms with E-state index in [0.717, 1.165) is 0 Å². The smallest absolute Gasteiger partial charge is 0.265 e. The molecule has 15 heavy (non-hydrogen) atoms. The molecule has 1 aliphatic rings. The number of hydrogen-bond acceptors (Lipinski definition) is 4. The average Bonchev–Trinajstić information content (AvgIpc) is 2.20. The van der Waals surface area contributed by atoms with Crippen molar-refractivity contribution in [1.82, 2.24) is 4.98 Å². The van der Waals surface area contributed by atoms with Crippen LogP contribution in [0.2, 0.25) is 5.15 Å². The Morgan fingerprint density at radius 2 is 2.47 bits per heavy atom. The van der Waals surface area contributed by atoms with E-state index in [1.54, 1.807) is 0 Å². The fraction of sp³-hybridized carbons (Fsp3) is 0.333. The lowest BCUT2D eigenvalue weighted by Crippen LogP contribution is -2.37. The summed E-state index contributed by atoms with van der Waals surface area (Å²) in [5.41, 5.74) is 0.509. The lowest BCUT2D eigenvalue weighted by molar-refractivity contribution is -0.124. The Bertz CT molecular complexity index is 397. The van der Waals surface area contributed by atoms with Gasteiger partial charge in [0.2, 0.25) is 0 Å². The van der Waals surface area contributed by atoms with Gasteiger partial charge in [-0.05, 0) is 0 Å². The third-order valence-electron chi connectivity index (χ3n) is 2.04. The number of halogens is 1. The molecular formula is C9H9ClN2O3. The first-order chi connectivity index (χ1) is 7.20. The molecule has 80 valence electrons. The van der Waals surface area contributed by atoms with Gasteiger partial charge in [0.1, 0.15) is 5.15 Å². The van der Waals surface area contributed by atoms with Crippen molar-refractivity contribution in [2.75, 3.05) is 11.9 Å². The molecule has 1 atom stereocenters. The van der Waals surface area contributed by atoms with E-state index in [1.165, 1.54) is 12.3 Å². The monoisotopic (exact) mass is 228 g/mol. The summed E-state index contributed by atoms with van der Waals surface area (Å²) in [5.74, 6) is 0.191. The zero-order chi connectivity index (χ0) is 10.8. The van der Waals surface area contributed by atoms with Gasteiger partial charge in [0.05, 0.1) is 11.9 Å². The molecule has 0 fully saturated rings. The number of amides is 1. The normalized spacial score (nSPS) is 19.1. The van der Waals surface area contributed by atoms with Gasteiger partial charge in [0.15, 0.2) is 11.9 Å². The minimum absolute atomic E-state index is 0.103. The van der Waals surface area contributed by atoms with Gasteiger partial charge in [-0.3, -0.25) is 4.79 Å². The molecule has 1 aliphatic heterocycles. The van der Waals surface area contributed by atoms with Crippen LogP contribution in [-0.4, -0.2) is 28.7 Å². The number of ether oxygens (including phenoxy) is 1. The van der Waals surface area contributed by atoms with E-state index in [2.05, 4.69) is 10.3 Å². The van der Waals surface area contributed by atoms with Crippen LogP contribution in [0.5, 0.6) is 5.75 Å². The molecule has 1 amide bonds.